The van der Waals surface area contributed by atoms with Gasteiger partial charge in [0.2, 0.25) is 0 Å². The number of para-hydroxylation sites is 1. The van der Waals surface area contributed by atoms with Crippen LogP contribution in [0.5, 0.6) is 0 Å². The molecule has 126 valence electrons. The lowest BCUT2D eigenvalue weighted by atomic mass is 10.1. The van der Waals surface area contributed by atoms with Gasteiger partial charge in [0.1, 0.15) is 5.69 Å². The van der Waals surface area contributed by atoms with Crippen molar-refractivity contribution in [2.45, 2.75) is 13.8 Å². The topological polar surface area (TPSA) is 58.1 Å². The van der Waals surface area contributed by atoms with Gasteiger partial charge < -0.3 is 10.2 Å². The molecule has 3 aromatic rings. The van der Waals surface area contributed by atoms with E-state index in [1.54, 1.807) is 6.20 Å². The molecule has 0 aliphatic heterocycles. The first-order valence-electron chi connectivity index (χ1n) is 8.04. The van der Waals surface area contributed by atoms with E-state index in [4.69, 9.17) is 0 Å². The number of aromatic nitrogens is 2. The van der Waals surface area contributed by atoms with Crippen molar-refractivity contribution in [3.8, 4) is 0 Å². The van der Waals surface area contributed by atoms with Crippen molar-refractivity contribution in [3.05, 3.63) is 77.7 Å². The van der Waals surface area contributed by atoms with Crippen molar-refractivity contribution in [2.75, 3.05) is 17.3 Å². The van der Waals surface area contributed by atoms with E-state index in [1.165, 1.54) is 6.20 Å². The molecule has 1 amide bonds. The Labute approximate surface area is 147 Å². The van der Waals surface area contributed by atoms with Crippen LogP contribution in [0.3, 0.4) is 0 Å². The van der Waals surface area contributed by atoms with Gasteiger partial charge in [-0.15, -0.1) is 0 Å². The first kappa shape index (κ1) is 16.6. The van der Waals surface area contributed by atoms with Crippen LogP contribution in [-0.4, -0.2) is 22.9 Å². The second-order valence-corrected chi connectivity index (χ2v) is 5.93. The molecule has 25 heavy (non-hydrogen) atoms. The summed E-state index contributed by atoms with van der Waals surface area (Å²) in [6.07, 6.45) is 3.09. The summed E-state index contributed by atoms with van der Waals surface area (Å²) >= 11 is 0. The second-order valence-electron chi connectivity index (χ2n) is 5.93. The largest absolute Gasteiger partial charge is 0.328 e. The molecule has 3 rings (SSSR count). The maximum atomic E-state index is 12.4. The summed E-state index contributed by atoms with van der Waals surface area (Å²) < 4.78 is 0. The van der Waals surface area contributed by atoms with Gasteiger partial charge in [0.05, 0.1) is 12.4 Å². The van der Waals surface area contributed by atoms with Crippen molar-refractivity contribution >= 4 is 23.1 Å². The number of carbonyl (C=O) groups excluding carboxylic acids is 1. The molecular weight excluding hydrogens is 312 g/mol. The zero-order valence-electron chi connectivity index (χ0n) is 14.5. The average molecular weight is 332 g/mol. The van der Waals surface area contributed by atoms with Gasteiger partial charge in [0.25, 0.3) is 5.91 Å². The Kier molecular flexibility index (Phi) is 4.75. The summed E-state index contributed by atoms with van der Waals surface area (Å²) in [6, 6.07) is 15.8. The minimum absolute atomic E-state index is 0.270. The maximum absolute atomic E-state index is 12.4. The van der Waals surface area contributed by atoms with E-state index >= 15 is 0 Å². The second kappa shape index (κ2) is 7.13. The van der Waals surface area contributed by atoms with E-state index in [-0.39, 0.29) is 11.6 Å². The lowest BCUT2D eigenvalue weighted by molar-refractivity contribution is 0.102. The maximum Gasteiger partial charge on any atom is 0.275 e. The quantitative estimate of drug-likeness (QED) is 0.781. The third-order valence-corrected chi connectivity index (χ3v) is 3.99. The number of anilines is 3. The normalized spacial score (nSPS) is 10.4. The first-order valence-corrected chi connectivity index (χ1v) is 8.04. The number of benzene rings is 2. The van der Waals surface area contributed by atoms with Gasteiger partial charge in [-0.05, 0) is 37.6 Å². The van der Waals surface area contributed by atoms with Crippen molar-refractivity contribution in [3.63, 3.8) is 0 Å². The van der Waals surface area contributed by atoms with Crippen LogP contribution in [0, 0.1) is 13.8 Å². The van der Waals surface area contributed by atoms with E-state index in [9.17, 15) is 4.79 Å². The fourth-order valence-corrected chi connectivity index (χ4v) is 2.54. The van der Waals surface area contributed by atoms with E-state index in [1.807, 2.05) is 74.3 Å². The standard InChI is InChI=1S/C20H20N4O/c1-14-9-10-17(15(2)11-14)23-20(25)18-12-22-19(13-21-18)24(3)16-7-5-4-6-8-16/h4-13H,1-3H3,(H,23,25). The highest BCUT2D eigenvalue weighted by Crippen LogP contribution is 2.20. The van der Waals surface area contributed by atoms with Crippen molar-refractivity contribution in [1.29, 1.82) is 0 Å². The van der Waals surface area contributed by atoms with E-state index in [2.05, 4.69) is 15.3 Å². The highest BCUT2D eigenvalue weighted by Gasteiger charge is 2.12. The van der Waals surface area contributed by atoms with Crippen LogP contribution < -0.4 is 10.2 Å². The summed E-state index contributed by atoms with van der Waals surface area (Å²) in [5.41, 5.74) is 4.24. The highest BCUT2D eigenvalue weighted by molar-refractivity contribution is 6.03. The number of amides is 1. The van der Waals surface area contributed by atoms with E-state index in [0.29, 0.717) is 5.82 Å². The zero-order valence-corrected chi connectivity index (χ0v) is 14.5. The fraction of sp³-hybridized carbons (Fsp3) is 0.150. The van der Waals surface area contributed by atoms with Crippen molar-refractivity contribution < 1.29 is 4.79 Å². The monoisotopic (exact) mass is 332 g/mol. The molecule has 0 atom stereocenters. The predicted molar refractivity (Wildman–Crippen MR) is 100 cm³/mol. The number of nitrogens with one attached hydrogen (secondary N) is 1. The van der Waals surface area contributed by atoms with E-state index in [0.717, 1.165) is 22.5 Å². The molecule has 0 spiro atoms. The van der Waals surface area contributed by atoms with Crippen molar-refractivity contribution in [2.24, 2.45) is 0 Å². The summed E-state index contributed by atoms with van der Waals surface area (Å²) in [5, 5.41) is 2.88. The van der Waals surface area contributed by atoms with Gasteiger partial charge in [-0.3, -0.25) is 4.79 Å². The SMILES string of the molecule is Cc1ccc(NC(=O)c2cnc(N(C)c3ccccc3)cn2)c(C)c1. The summed E-state index contributed by atoms with van der Waals surface area (Å²) in [4.78, 5) is 22.9. The molecule has 0 aliphatic carbocycles. The van der Waals surface area contributed by atoms with Crippen LogP contribution in [0.2, 0.25) is 0 Å². The number of hydrogen-bond acceptors (Lipinski definition) is 4. The van der Waals surface area contributed by atoms with Crippen LogP contribution in [-0.2, 0) is 0 Å². The Morgan fingerprint density at radius 2 is 1.76 bits per heavy atom. The predicted octanol–water partition coefficient (Wildman–Crippen LogP) is 4.11. The Hall–Kier alpha value is -3.21. The van der Waals surface area contributed by atoms with Crippen molar-refractivity contribution in [1.82, 2.24) is 9.97 Å². The molecule has 0 radical (unpaired) electrons. The summed E-state index contributed by atoms with van der Waals surface area (Å²) in [6.45, 7) is 3.98. The Morgan fingerprint density at radius 1 is 1.00 bits per heavy atom. The van der Waals surface area contributed by atoms with Crippen LogP contribution in [0.15, 0.2) is 60.9 Å². The Morgan fingerprint density at radius 3 is 2.40 bits per heavy atom. The van der Waals surface area contributed by atoms with Gasteiger partial charge >= 0.3 is 0 Å². The van der Waals surface area contributed by atoms with E-state index < -0.39 is 0 Å². The Balaban J connectivity index is 1.74. The molecule has 0 fully saturated rings. The molecular formula is C20H20N4O. The molecule has 0 saturated heterocycles. The lowest BCUT2D eigenvalue weighted by Gasteiger charge is -2.17. The number of nitrogens with zero attached hydrogens (tertiary/aromatic N) is 3. The Bertz CT molecular complexity index is 876. The molecule has 0 saturated carbocycles. The minimum atomic E-state index is -0.270. The van der Waals surface area contributed by atoms with Gasteiger partial charge in [-0.1, -0.05) is 35.9 Å². The number of hydrogen-bond donors (Lipinski definition) is 1. The van der Waals surface area contributed by atoms with Gasteiger partial charge in [0.15, 0.2) is 5.82 Å². The molecule has 1 heterocycles. The molecule has 2 aromatic carbocycles. The molecule has 1 aromatic heterocycles. The third-order valence-electron chi connectivity index (χ3n) is 3.99. The molecule has 1 N–H and O–H groups in total. The summed E-state index contributed by atoms with van der Waals surface area (Å²) in [7, 11) is 1.91. The van der Waals surface area contributed by atoms with Crippen LogP contribution in [0.25, 0.3) is 0 Å². The highest BCUT2D eigenvalue weighted by atomic mass is 16.1. The molecule has 0 unspecified atom stereocenters. The van der Waals surface area contributed by atoms with Crippen LogP contribution >= 0.6 is 0 Å². The van der Waals surface area contributed by atoms with Gasteiger partial charge in [-0.25, -0.2) is 9.97 Å². The zero-order chi connectivity index (χ0) is 17.8. The molecule has 0 bridgehead atoms. The number of carbonyl (C=O) groups is 1. The third kappa shape index (κ3) is 3.83. The number of rotatable bonds is 4. The van der Waals surface area contributed by atoms with Gasteiger partial charge in [-0.2, -0.15) is 0 Å². The van der Waals surface area contributed by atoms with Crippen LogP contribution in [0.4, 0.5) is 17.2 Å². The summed E-state index contributed by atoms with van der Waals surface area (Å²) in [5.74, 6) is 0.405. The minimum Gasteiger partial charge on any atom is -0.328 e. The van der Waals surface area contributed by atoms with Gasteiger partial charge in [0, 0.05) is 18.4 Å². The molecule has 5 nitrogen and oxygen atoms in total. The number of aryl methyl sites for hydroxylation is 2. The fourth-order valence-electron chi connectivity index (χ4n) is 2.54. The molecule has 5 heteroatoms. The first-order chi connectivity index (χ1) is 12.0. The smallest absolute Gasteiger partial charge is 0.275 e. The molecule has 0 aliphatic rings. The van der Waals surface area contributed by atoms with Crippen LogP contribution in [0.1, 0.15) is 21.6 Å². The lowest BCUT2D eigenvalue weighted by Crippen LogP contribution is -2.17. The average Bonchev–Trinajstić information content (AvgIpc) is 2.64.